The highest BCUT2D eigenvalue weighted by molar-refractivity contribution is 5.97. The fourth-order valence-electron chi connectivity index (χ4n) is 15.6. The Morgan fingerprint density at radius 3 is 0.987 bits per heavy atom. The van der Waals surface area contributed by atoms with Gasteiger partial charge in [0.2, 0.25) is 11.6 Å². The molecule has 0 bridgehead atoms. The highest BCUT2D eigenvalue weighted by Gasteiger charge is 2.61. The van der Waals surface area contributed by atoms with Crippen molar-refractivity contribution in [1.29, 1.82) is 0 Å². The Labute approximate surface area is 438 Å². The number of hydrogen-bond acceptors (Lipinski definition) is 2. The summed E-state index contributed by atoms with van der Waals surface area (Å²) in [6.45, 7) is 7.76. The van der Waals surface area contributed by atoms with Crippen molar-refractivity contribution >= 4 is 22.7 Å². The Morgan fingerprint density at radius 2 is 0.610 bits per heavy atom. The van der Waals surface area contributed by atoms with E-state index in [1.54, 1.807) is 12.1 Å². The van der Waals surface area contributed by atoms with Gasteiger partial charge in [0.25, 0.3) is 0 Å². The van der Waals surface area contributed by atoms with E-state index >= 15 is 35.1 Å². The van der Waals surface area contributed by atoms with E-state index in [1.165, 1.54) is 9.80 Å². The Hall–Kier alpha value is -7.34. The number of hydrogen-bond donors (Lipinski definition) is 0. The van der Waals surface area contributed by atoms with Gasteiger partial charge < -0.3 is 9.80 Å². The summed E-state index contributed by atoms with van der Waals surface area (Å²) >= 11 is 0. The molecule has 77 heavy (non-hydrogen) atoms. The highest BCUT2D eigenvalue weighted by Crippen LogP contribution is 2.67. The molecular weight excluding hydrogens is 999 g/mol. The van der Waals surface area contributed by atoms with Gasteiger partial charge in [0, 0.05) is 22.2 Å². The number of halogens is 10. The lowest BCUT2D eigenvalue weighted by atomic mass is 9.61. The SMILES string of the molecule is CC12CCCCC1(C)N(c1c(F)c(F)c(F)c(F)c1F)c1ccc(-c3ccc4c(c3)C3(c5ccccc5-c5ccccc53)c3cc(-c5ccc6c(c5)C5(C)CCCCC5(C)N6c5c(F)c(F)c(F)c(F)c5F)ccc3-4)cc12. The van der Waals surface area contributed by atoms with Crippen LogP contribution >= 0.6 is 0 Å². The first kappa shape index (κ1) is 48.1. The van der Waals surface area contributed by atoms with E-state index in [9.17, 15) is 8.78 Å². The predicted octanol–water partition coefficient (Wildman–Crippen LogP) is 18.2. The van der Waals surface area contributed by atoms with Crippen LogP contribution in [0, 0.1) is 58.2 Å². The zero-order chi connectivity index (χ0) is 53.6. The maximum atomic E-state index is 15.9. The molecule has 0 radical (unpaired) electrons. The molecule has 4 atom stereocenters. The number of nitrogens with zero attached hydrogens (tertiary/aromatic N) is 2. The smallest absolute Gasteiger partial charge is 0.200 e. The minimum absolute atomic E-state index is 0.388. The van der Waals surface area contributed by atoms with Crippen LogP contribution in [0.4, 0.5) is 66.7 Å². The van der Waals surface area contributed by atoms with Crippen molar-refractivity contribution < 1.29 is 43.9 Å². The van der Waals surface area contributed by atoms with Gasteiger partial charge in [-0.15, -0.1) is 0 Å². The van der Waals surface area contributed by atoms with Gasteiger partial charge in [-0.3, -0.25) is 0 Å². The van der Waals surface area contributed by atoms with Crippen LogP contribution in [-0.4, -0.2) is 11.1 Å². The van der Waals surface area contributed by atoms with E-state index in [0.29, 0.717) is 49.9 Å². The van der Waals surface area contributed by atoms with Crippen LogP contribution < -0.4 is 9.80 Å². The molecule has 6 aliphatic rings. The molecule has 2 fully saturated rings. The van der Waals surface area contributed by atoms with Gasteiger partial charge in [0.05, 0.1) is 16.5 Å². The summed E-state index contributed by atoms with van der Waals surface area (Å²) in [4.78, 5) is 2.72. The summed E-state index contributed by atoms with van der Waals surface area (Å²) in [6, 6.07) is 40.7. The molecule has 388 valence electrons. The number of benzene rings is 8. The van der Waals surface area contributed by atoms with Crippen molar-refractivity contribution in [1.82, 2.24) is 0 Å². The fraction of sp³-hybridized carbons (Fsp3) is 0.262. The zero-order valence-electron chi connectivity index (χ0n) is 42.4. The third-order valence-corrected chi connectivity index (χ3v) is 19.8. The quantitative estimate of drug-likeness (QED) is 0.0985. The molecule has 0 amide bonds. The van der Waals surface area contributed by atoms with Crippen LogP contribution in [0.5, 0.6) is 0 Å². The van der Waals surface area contributed by atoms with Crippen molar-refractivity contribution in [2.24, 2.45) is 0 Å². The summed E-state index contributed by atoms with van der Waals surface area (Å²) in [5, 5.41) is 0. The van der Waals surface area contributed by atoms with Gasteiger partial charge in [0.15, 0.2) is 46.5 Å². The van der Waals surface area contributed by atoms with Crippen molar-refractivity contribution in [2.45, 2.75) is 106 Å². The number of fused-ring (bicyclic) bond motifs is 16. The molecule has 8 aromatic rings. The molecule has 0 N–H and O–H groups in total. The van der Waals surface area contributed by atoms with Crippen molar-refractivity contribution in [3.8, 4) is 44.5 Å². The summed E-state index contributed by atoms with van der Waals surface area (Å²) in [5.41, 5.74) is 7.69. The summed E-state index contributed by atoms with van der Waals surface area (Å²) in [5.74, 6) is -19.8. The van der Waals surface area contributed by atoms with Crippen molar-refractivity contribution in [2.75, 3.05) is 9.80 Å². The van der Waals surface area contributed by atoms with Crippen LogP contribution in [-0.2, 0) is 16.2 Å². The van der Waals surface area contributed by atoms with E-state index in [-0.39, 0.29) is 0 Å². The molecule has 2 saturated carbocycles. The molecular formula is C65H48F10N2. The number of rotatable bonds is 4. The lowest BCUT2D eigenvalue weighted by Crippen LogP contribution is -2.55. The first-order valence-electron chi connectivity index (χ1n) is 26.3. The van der Waals surface area contributed by atoms with E-state index in [2.05, 4.69) is 60.7 Å². The molecule has 12 heteroatoms. The largest absolute Gasteiger partial charge is 0.329 e. The second kappa shape index (κ2) is 15.9. The Balaban J connectivity index is 0.942. The van der Waals surface area contributed by atoms with E-state index in [1.807, 2.05) is 76.2 Å². The van der Waals surface area contributed by atoms with Crippen molar-refractivity contribution in [3.05, 3.63) is 213 Å². The van der Waals surface area contributed by atoms with Crippen LogP contribution in [0.2, 0.25) is 0 Å². The van der Waals surface area contributed by atoms with Gasteiger partial charge in [-0.05, 0) is 154 Å². The molecule has 1 spiro atoms. The topological polar surface area (TPSA) is 6.48 Å². The third kappa shape index (κ3) is 5.73. The lowest BCUT2D eigenvalue weighted by molar-refractivity contribution is 0.192. The molecule has 0 aromatic heterocycles. The normalized spacial score (nSPS) is 23.8. The second-order valence-electron chi connectivity index (χ2n) is 23.0. The number of anilines is 4. The average molecular weight is 1050 g/mol. The Bertz CT molecular complexity index is 3650. The second-order valence-corrected chi connectivity index (χ2v) is 23.0. The molecule has 2 nitrogen and oxygen atoms in total. The predicted molar refractivity (Wildman–Crippen MR) is 279 cm³/mol. The maximum absolute atomic E-state index is 15.9. The lowest BCUT2D eigenvalue weighted by Gasteiger charge is -2.50. The molecule has 8 aromatic carbocycles. The summed E-state index contributed by atoms with van der Waals surface area (Å²) in [6.07, 6.45) is 5.16. The zero-order valence-corrected chi connectivity index (χ0v) is 42.4. The minimum atomic E-state index is -2.20. The van der Waals surface area contributed by atoms with Crippen LogP contribution in [0.3, 0.4) is 0 Å². The fourth-order valence-corrected chi connectivity index (χ4v) is 15.6. The maximum Gasteiger partial charge on any atom is 0.200 e. The van der Waals surface area contributed by atoms with E-state index < -0.39 is 96.9 Å². The average Bonchev–Trinajstić information content (AvgIpc) is 4.23. The van der Waals surface area contributed by atoms with Crippen LogP contribution in [0.15, 0.2) is 121 Å². The summed E-state index contributed by atoms with van der Waals surface area (Å²) < 4.78 is 153. The van der Waals surface area contributed by atoms with Crippen LogP contribution in [0.1, 0.15) is 112 Å². The van der Waals surface area contributed by atoms with Gasteiger partial charge >= 0.3 is 0 Å². The van der Waals surface area contributed by atoms with Crippen molar-refractivity contribution in [3.63, 3.8) is 0 Å². The standard InChI is InChI=1S/C65H48F10N2/c1-61-25-9-11-27-63(61,3)76(59-55(72)51(68)49(66)52(69)56(59)73)47-23-19-35(31-45(47)61)33-17-21-39-40-22-18-34(30-44(40)65(43(39)29-33)41-15-7-5-13-37(41)38-14-6-8-16-42(38)65)36-20-24-48-46(32-36)62(2)26-10-12-28-64(62,4)77(48)60-57(74)53(70)50(67)54(71)58(60)75/h5-8,13-24,29-32H,9-12,25-28H2,1-4H3. The Morgan fingerprint density at radius 1 is 0.312 bits per heavy atom. The van der Waals surface area contributed by atoms with E-state index in [4.69, 9.17) is 0 Å². The first-order chi connectivity index (χ1) is 36.8. The highest BCUT2D eigenvalue weighted by atomic mass is 19.2. The van der Waals surface area contributed by atoms with Gasteiger partial charge in [-0.1, -0.05) is 124 Å². The van der Waals surface area contributed by atoms with Gasteiger partial charge in [-0.25, -0.2) is 43.9 Å². The van der Waals surface area contributed by atoms with Gasteiger partial charge in [0.1, 0.15) is 11.4 Å². The summed E-state index contributed by atoms with van der Waals surface area (Å²) in [7, 11) is 0. The molecule has 2 heterocycles. The molecule has 0 saturated heterocycles. The monoisotopic (exact) mass is 1050 g/mol. The minimum Gasteiger partial charge on any atom is -0.329 e. The molecule has 4 unspecified atom stereocenters. The van der Waals surface area contributed by atoms with Gasteiger partial charge in [-0.2, -0.15) is 0 Å². The van der Waals surface area contributed by atoms with Crippen LogP contribution in [0.25, 0.3) is 44.5 Å². The Kier molecular flexibility index (Phi) is 9.92. The molecule has 4 aliphatic carbocycles. The third-order valence-electron chi connectivity index (χ3n) is 19.8. The first-order valence-corrected chi connectivity index (χ1v) is 26.3. The molecule has 14 rings (SSSR count). The van der Waals surface area contributed by atoms with E-state index in [0.717, 1.165) is 90.7 Å². The molecule has 2 aliphatic heterocycles.